The Bertz CT molecular complexity index is 440. The molecule has 4 nitrogen and oxygen atoms in total. The van der Waals surface area contributed by atoms with Crippen molar-refractivity contribution in [3.8, 4) is 5.75 Å². The first-order valence-electron chi connectivity index (χ1n) is 6.75. The van der Waals surface area contributed by atoms with E-state index in [1.165, 1.54) is 0 Å². The highest BCUT2D eigenvalue weighted by Crippen LogP contribution is 2.23. The molecule has 1 heterocycles. The standard InChI is InChI=1S/C15H22N2O2/c1-15(2)14(18)17(11-5-4-10-16-15)12-6-8-13(19-3)9-7-12/h6-9,16H,4-5,10-11H2,1-3H3. The molecule has 0 radical (unpaired) electrons. The molecule has 0 saturated carbocycles. The molecule has 0 spiro atoms. The lowest BCUT2D eigenvalue weighted by molar-refractivity contribution is -0.124. The molecule has 104 valence electrons. The number of methoxy groups -OCH3 is 1. The number of benzene rings is 1. The molecular formula is C15H22N2O2. The van der Waals surface area contributed by atoms with E-state index in [-0.39, 0.29) is 5.91 Å². The fourth-order valence-electron chi connectivity index (χ4n) is 2.32. The van der Waals surface area contributed by atoms with Crippen LogP contribution >= 0.6 is 0 Å². The van der Waals surface area contributed by atoms with Gasteiger partial charge in [0, 0.05) is 12.2 Å². The van der Waals surface area contributed by atoms with Gasteiger partial charge in [-0.1, -0.05) is 0 Å². The normalized spacial score (nSPS) is 19.7. The third-order valence-corrected chi connectivity index (χ3v) is 3.54. The van der Waals surface area contributed by atoms with Gasteiger partial charge in [-0.25, -0.2) is 0 Å². The summed E-state index contributed by atoms with van der Waals surface area (Å²) in [5.41, 5.74) is 0.419. The Morgan fingerprint density at radius 1 is 1.21 bits per heavy atom. The van der Waals surface area contributed by atoms with E-state index in [0.29, 0.717) is 0 Å². The van der Waals surface area contributed by atoms with Crippen molar-refractivity contribution in [1.29, 1.82) is 0 Å². The number of anilines is 1. The molecule has 19 heavy (non-hydrogen) atoms. The monoisotopic (exact) mass is 262 g/mol. The van der Waals surface area contributed by atoms with E-state index in [1.807, 2.05) is 43.0 Å². The van der Waals surface area contributed by atoms with Crippen LogP contribution in [0.15, 0.2) is 24.3 Å². The molecular weight excluding hydrogens is 240 g/mol. The first kappa shape index (κ1) is 13.9. The first-order chi connectivity index (χ1) is 9.04. The van der Waals surface area contributed by atoms with E-state index in [0.717, 1.165) is 37.4 Å². The van der Waals surface area contributed by atoms with E-state index >= 15 is 0 Å². The summed E-state index contributed by atoms with van der Waals surface area (Å²) in [5, 5.41) is 3.32. The minimum atomic E-state index is -0.514. The quantitative estimate of drug-likeness (QED) is 0.888. The Morgan fingerprint density at radius 2 is 1.89 bits per heavy atom. The van der Waals surface area contributed by atoms with Crippen molar-refractivity contribution in [3.63, 3.8) is 0 Å². The molecule has 2 rings (SSSR count). The predicted molar refractivity (Wildman–Crippen MR) is 76.7 cm³/mol. The van der Waals surface area contributed by atoms with Crippen molar-refractivity contribution in [3.05, 3.63) is 24.3 Å². The number of hydrogen-bond donors (Lipinski definition) is 1. The summed E-state index contributed by atoms with van der Waals surface area (Å²) >= 11 is 0. The third-order valence-electron chi connectivity index (χ3n) is 3.54. The lowest BCUT2D eigenvalue weighted by Gasteiger charge is -2.35. The topological polar surface area (TPSA) is 41.6 Å². The van der Waals surface area contributed by atoms with E-state index in [1.54, 1.807) is 7.11 Å². The van der Waals surface area contributed by atoms with Crippen LogP contribution in [0, 0.1) is 0 Å². The number of nitrogens with one attached hydrogen (secondary N) is 1. The highest BCUT2D eigenvalue weighted by Gasteiger charge is 2.33. The van der Waals surface area contributed by atoms with Crippen LogP contribution in [-0.4, -0.2) is 31.6 Å². The summed E-state index contributed by atoms with van der Waals surface area (Å²) in [5.74, 6) is 0.929. The molecule has 0 bridgehead atoms. The van der Waals surface area contributed by atoms with Crippen molar-refractivity contribution in [2.45, 2.75) is 32.2 Å². The molecule has 1 fully saturated rings. The van der Waals surface area contributed by atoms with Crippen molar-refractivity contribution < 1.29 is 9.53 Å². The van der Waals surface area contributed by atoms with Crippen molar-refractivity contribution in [2.24, 2.45) is 0 Å². The van der Waals surface area contributed by atoms with Gasteiger partial charge in [-0.3, -0.25) is 4.79 Å². The minimum Gasteiger partial charge on any atom is -0.497 e. The van der Waals surface area contributed by atoms with Gasteiger partial charge in [-0.05, 0) is 57.5 Å². The molecule has 1 aromatic rings. The van der Waals surface area contributed by atoms with Crippen LogP contribution in [0.2, 0.25) is 0 Å². The van der Waals surface area contributed by atoms with Gasteiger partial charge in [0.15, 0.2) is 0 Å². The Morgan fingerprint density at radius 3 is 2.53 bits per heavy atom. The molecule has 4 heteroatoms. The number of amides is 1. The van der Waals surface area contributed by atoms with Gasteiger partial charge in [-0.2, -0.15) is 0 Å². The smallest absolute Gasteiger partial charge is 0.246 e. The van der Waals surface area contributed by atoms with Crippen molar-refractivity contribution in [1.82, 2.24) is 5.32 Å². The first-order valence-corrected chi connectivity index (χ1v) is 6.75. The van der Waals surface area contributed by atoms with Crippen LogP contribution in [0.25, 0.3) is 0 Å². The Labute approximate surface area is 114 Å². The van der Waals surface area contributed by atoms with Gasteiger partial charge in [0.05, 0.1) is 12.6 Å². The maximum atomic E-state index is 12.6. The van der Waals surface area contributed by atoms with E-state index in [2.05, 4.69) is 5.32 Å². The van der Waals surface area contributed by atoms with Gasteiger partial charge in [0.25, 0.3) is 0 Å². The van der Waals surface area contributed by atoms with E-state index in [9.17, 15) is 4.79 Å². The summed E-state index contributed by atoms with van der Waals surface area (Å²) in [6.07, 6.45) is 2.10. The molecule has 1 N–H and O–H groups in total. The maximum Gasteiger partial charge on any atom is 0.246 e. The summed E-state index contributed by atoms with van der Waals surface area (Å²) in [7, 11) is 1.64. The zero-order chi connectivity index (χ0) is 13.9. The summed E-state index contributed by atoms with van der Waals surface area (Å²) in [4.78, 5) is 14.5. The summed E-state index contributed by atoms with van der Waals surface area (Å²) in [6.45, 7) is 5.56. The fourth-order valence-corrected chi connectivity index (χ4v) is 2.32. The van der Waals surface area contributed by atoms with Gasteiger partial charge in [0.1, 0.15) is 5.75 Å². The summed E-state index contributed by atoms with van der Waals surface area (Å²) < 4.78 is 5.15. The number of nitrogens with zero attached hydrogens (tertiary/aromatic N) is 1. The molecule has 0 aliphatic carbocycles. The van der Waals surface area contributed by atoms with Crippen LogP contribution < -0.4 is 15.0 Å². The molecule has 1 amide bonds. The van der Waals surface area contributed by atoms with Gasteiger partial charge in [0.2, 0.25) is 5.91 Å². The molecule has 1 aromatic carbocycles. The Hall–Kier alpha value is -1.55. The highest BCUT2D eigenvalue weighted by atomic mass is 16.5. The molecule has 1 aliphatic rings. The third kappa shape index (κ3) is 3.07. The van der Waals surface area contributed by atoms with Crippen molar-refractivity contribution >= 4 is 11.6 Å². The number of hydrogen-bond acceptors (Lipinski definition) is 3. The molecule has 1 aliphatic heterocycles. The van der Waals surface area contributed by atoms with Crippen LogP contribution in [0.3, 0.4) is 0 Å². The predicted octanol–water partition coefficient (Wildman–Crippen LogP) is 2.19. The average molecular weight is 262 g/mol. The minimum absolute atomic E-state index is 0.123. The maximum absolute atomic E-state index is 12.6. The molecule has 0 atom stereocenters. The zero-order valence-electron chi connectivity index (χ0n) is 11.9. The van der Waals surface area contributed by atoms with Gasteiger partial charge in [-0.15, -0.1) is 0 Å². The SMILES string of the molecule is COc1ccc(N2CCCCNC(C)(C)C2=O)cc1. The zero-order valence-corrected chi connectivity index (χ0v) is 11.9. The molecule has 0 aromatic heterocycles. The van der Waals surface area contributed by atoms with Crippen LogP contribution in [0.5, 0.6) is 5.75 Å². The van der Waals surface area contributed by atoms with Crippen molar-refractivity contribution in [2.75, 3.05) is 25.1 Å². The fraction of sp³-hybridized carbons (Fsp3) is 0.533. The molecule has 1 saturated heterocycles. The van der Waals surface area contributed by atoms with Crippen LogP contribution in [0.4, 0.5) is 5.69 Å². The second-order valence-electron chi connectivity index (χ2n) is 5.41. The number of carbonyl (C=O) groups excluding carboxylic acids is 1. The summed E-state index contributed by atoms with van der Waals surface area (Å²) in [6, 6.07) is 7.66. The highest BCUT2D eigenvalue weighted by molar-refractivity contribution is 5.99. The van der Waals surface area contributed by atoms with E-state index < -0.39 is 5.54 Å². The van der Waals surface area contributed by atoms with Gasteiger partial charge < -0.3 is 15.0 Å². The number of rotatable bonds is 2. The number of ether oxygens (including phenoxy) is 1. The Balaban J connectivity index is 2.25. The molecule has 0 unspecified atom stereocenters. The largest absolute Gasteiger partial charge is 0.497 e. The van der Waals surface area contributed by atoms with Crippen LogP contribution in [0.1, 0.15) is 26.7 Å². The lowest BCUT2D eigenvalue weighted by atomic mass is 10.0. The number of carbonyl (C=O) groups is 1. The van der Waals surface area contributed by atoms with Crippen LogP contribution in [-0.2, 0) is 4.79 Å². The van der Waals surface area contributed by atoms with E-state index in [4.69, 9.17) is 4.74 Å². The second kappa shape index (κ2) is 5.61. The second-order valence-corrected chi connectivity index (χ2v) is 5.41. The Kier molecular flexibility index (Phi) is 4.10. The van der Waals surface area contributed by atoms with Gasteiger partial charge >= 0.3 is 0 Å². The lowest BCUT2D eigenvalue weighted by Crippen LogP contribution is -2.56. The average Bonchev–Trinajstić information content (AvgIpc) is 2.41.